The van der Waals surface area contributed by atoms with Gasteiger partial charge in [0.25, 0.3) is 0 Å². The van der Waals surface area contributed by atoms with E-state index in [0.717, 1.165) is 6.07 Å². The van der Waals surface area contributed by atoms with Crippen LogP contribution in [0.2, 0.25) is 0 Å². The van der Waals surface area contributed by atoms with Crippen LogP contribution in [-0.2, 0) is 11.0 Å². The molecular formula is C12H11F4N3O2. The fourth-order valence-corrected chi connectivity index (χ4v) is 1.89. The Kier molecular flexibility index (Phi) is 3.52. The van der Waals surface area contributed by atoms with Gasteiger partial charge in [-0.2, -0.15) is 13.2 Å². The molecule has 4 N–H and O–H groups in total. The second kappa shape index (κ2) is 4.90. The Morgan fingerprint density at radius 3 is 2.48 bits per heavy atom. The van der Waals surface area contributed by atoms with Gasteiger partial charge in [0.15, 0.2) is 5.84 Å². The van der Waals surface area contributed by atoms with Crippen molar-refractivity contribution in [3.63, 3.8) is 0 Å². The maximum absolute atomic E-state index is 13.1. The summed E-state index contributed by atoms with van der Waals surface area (Å²) in [5.74, 6) is -2.44. The van der Waals surface area contributed by atoms with Crippen molar-refractivity contribution >= 4 is 17.4 Å². The number of nitrogens with two attached hydrogens (primary N) is 1. The molecule has 0 heterocycles. The average Bonchev–Trinajstić information content (AvgIpc) is 3.20. The van der Waals surface area contributed by atoms with Crippen LogP contribution in [0, 0.1) is 11.2 Å². The first-order valence-corrected chi connectivity index (χ1v) is 5.87. The molecule has 0 unspecified atom stereocenters. The molecule has 0 saturated heterocycles. The lowest BCUT2D eigenvalue weighted by atomic mass is 10.0. The molecule has 5 nitrogen and oxygen atoms in total. The molecule has 1 saturated carbocycles. The molecule has 1 aromatic carbocycles. The smallest absolute Gasteiger partial charge is 0.409 e. The van der Waals surface area contributed by atoms with Crippen molar-refractivity contribution in [1.29, 1.82) is 0 Å². The van der Waals surface area contributed by atoms with Crippen LogP contribution in [0.3, 0.4) is 0 Å². The highest BCUT2D eigenvalue weighted by atomic mass is 19.4. The van der Waals surface area contributed by atoms with Crippen LogP contribution >= 0.6 is 0 Å². The molecule has 2 rings (SSSR count). The predicted octanol–water partition coefficient (Wildman–Crippen LogP) is 2.31. The first-order chi connectivity index (χ1) is 9.70. The van der Waals surface area contributed by atoms with Gasteiger partial charge in [-0.25, -0.2) is 4.39 Å². The van der Waals surface area contributed by atoms with Crippen LogP contribution in [0.25, 0.3) is 0 Å². The molecule has 9 heteroatoms. The number of benzene rings is 1. The summed E-state index contributed by atoms with van der Waals surface area (Å²) in [6, 6.07) is 2.11. The van der Waals surface area contributed by atoms with E-state index in [-0.39, 0.29) is 11.5 Å². The highest BCUT2D eigenvalue weighted by Gasteiger charge is 2.54. The Bertz CT molecular complexity index is 609. The normalized spacial score (nSPS) is 17.4. The molecular weight excluding hydrogens is 294 g/mol. The van der Waals surface area contributed by atoms with Crippen LogP contribution in [0.1, 0.15) is 18.4 Å². The number of hydrogen-bond donors (Lipinski definition) is 3. The first kappa shape index (κ1) is 15.1. The van der Waals surface area contributed by atoms with Gasteiger partial charge in [-0.1, -0.05) is 5.16 Å². The molecule has 0 spiro atoms. The monoisotopic (exact) mass is 305 g/mol. The molecule has 0 bridgehead atoms. The number of oxime groups is 1. The Hall–Kier alpha value is -2.32. The lowest BCUT2D eigenvalue weighted by Gasteiger charge is -2.15. The molecule has 1 amide bonds. The van der Waals surface area contributed by atoms with Crippen LogP contribution in [0.5, 0.6) is 0 Å². The molecule has 1 aliphatic rings. The quantitative estimate of drug-likeness (QED) is 0.263. The van der Waals surface area contributed by atoms with Crippen molar-refractivity contribution in [3.05, 3.63) is 29.6 Å². The Morgan fingerprint density at radius 2 is 2.00 bits per heavy atom. The number of carbonyl (C=O) groups is 1. The number of rotatable bonds is 3. The SMILES string of the molecule is N/C(=N/O)C1(C(=O)Nc2ccc(F)c(C(F)(F)F)c2)CC1. The van der Waals surface area contributed by atoms with Gasteiger partial charge in [0.1, 0.15) is 11.2 Å². The minimum absolute atomic E-state index is 0.217. The Labute approximate surface area is 116 Å². The summed E-state index contributed by atoms with van der Waals surface area (Å²) in [7, 11) is 0. The second-order valence-electron chi connectivity index (χ2n) is 4.71. The number of anilines is 1. The number of nitrogens with one attached hydrogen (secondary N) is 1. The van der Waals surface area contributed by atoms with E-state index in [1.807, 2.05) is 0 Å². The second-order valence-corrected chi connectivity index (χ2v) is 4.71. The fourth-order valence-electron chi connectivity index (χ4n) is 1.89. The molecule has 0 atom stereocenters. The predicted molar refractivity (Wildman–Crippen MR) is 65.1 cm³/mol. The van der Waals surface area contributed by atoms with Gasteiger partial charge in [-0.15, -0.1) is 0 Å². The van der Waals surface area contributed by atoms with Crippen molar-refractivity contribution in [2.45, 2.75) is 19.0 Å². The van der Waals surface area contributed by atoms with Crippen molar-refractivity contribution in [3.8, 4) is 0 Å². The highest BCUT2D eigenvalue weighted by Crippen LogP contribution is 2.46. The highest BCUT2D eigenvalue weighted by molar-refractivity contribution is 6.14. The van der Waals surface area contributed by atoms with Gasteiger partial charge in [0.05, 0.1) is 5.56 Å². The van der Waals surface area contributed by atoms with Crippen LogP contribution in [0.4, 0.5) is 23.2 Å². The molecule has 1 fully saturated rings. The largest absolute Gasteiger partial charge is 0.419 e. The number of halogens is 4. The summed E-state index contributed by atoms with van der Waals surface area (Å²) in [4.78, 5) is 12.0. The van der Waals surface area contributed by atoms with Crippen LogP contribution < -0.4 is 11.1 Å². The lowest BCUT2D eigenvalue weighted by molar-refractivity contribution is -0.140. The number of amides is 1. The zero-order chi connectivity index (χ0) is 15.8. The number of nitrogens with zero attached hydrogens (tertiary/aromatic N) is 1. The van der Waals surface area contributed by atoms with Gasteiger partial charge in [-0.3, -0.25) is 4.79 Å². The molecule has 1 aromatic rings. The Balaban J connectivity index is 2.24. The van der Waals surface area contributed by atoms with Gasteiger partial charge < -0.3 is 16.3 Å². The summed E-state index contributed by atoms with van der Waals surface area (Å²) in [6.45, 7) is 0. The zero-order valence-corrected chi connectivity index (χ0v) is 10.5. The van der Waals surface area contributed by atoms with E-state index < -0.39 is 28.9 Å². The van der Waals surface area contributed by atoms with Crippen molar-refractivity contribution in [2.24, 2.45) is 16.3 Å². The van der Waals surface area contributed by atoms with Gasteiger partial charge in [0, 0.05) is 5.69 Å². The zero-order valence-electron chi connectivity index (χ0n) is 10.5. The van der Waals surface area contributed by atoms with Crippen molar-refractivity contribution in [2.75, 3.05) is 5.32 Å². The Morgan fingerprint density at radius 1 is 1.38 bits per heavy atom. The van der Waals surface area contributed by atoms with Crippen molar-refractivity contribution < 1.29 is 27.6 Å². The topological polar surface area (TPSA) is 87.7 Å². The molecule has 0 aromatic heterocycles. The summed E-state index contributed by atoms with van der Waals surface area (Å²) < 4.78 is 50.8. The van der Waals surface area contributed by atoms with Gasteiger partial charge in [-0.05, 0) is 31.0 Å². The van der Waals surface area contributed by atoms with Crippen LogP contribution in [-0.4, -0.2) is 17.0 Å². The van der Waals surface area contributed by atoms with E-state index in [1.165, 1.54) is 0 Å². The summed E-state index contributed by atoms with van der Waals surface area (Å²) in [5.41, 5.74) is 2.49. The van der Waals surface area contributed by atoms with E-state index in [0.29, 0.717) is 25.0 Å². The van der Waals surface area contributed by atoms with Gasteiger partial charge in [0.2, 0.25) is 5.91 Å². The number of amidine groups is 1. The third kappa shape index (κ3) is 2.76. The molecule has 0 aliphatic heterocycles. The summed E-state index contributed by atoms with van der Waals surface area (Å²) >= 11 is 0. The molecule has 1 aliphatic carbocycles. The average molecular weight is 305 g/mol. The third-order valence-electron chi connectivity index (χ3n) is 3.31. The van der Waals surface area contributed by atoms with E-state index in [9.17, 15) is 22.4 Å². The van der Waals surface area contributed by atoms with E-state index in [1.54, 1.807) is 0 Å². The number of carbonyl (C=O) groups excluding carboxylic acids is 1. The summed E-state index contributed by atoms with van der Waals surface area (Å²) in [5, 5.41) is 13.6. The van der Waals surface area contributed by atoms with E-state index >= 15 is 0 Å². The molecule has 0 radical (unpaired) electrons. The van der Waals surface area contributed by atoms with E-state index in [2.05, 4.69) is 10.5 Å². The number of hydrogen-bond acceptors (Lipinski definition) is 3. The van der Waals surface area contributed by atoms with E-state index in [4.69, 9.17) is 10.9 Å². The molecule has 21 heavy (non-hydrogen) atoms. The summed E-state index contributed by atoms with van der Waals surface area (Å²) in [6.07, 6.45) is -4.22. The van der Waals surface area contributed by atoms with Gasteiger partial charge >= 0.3 is 6.18 Å². The fraction of sp³-hybridized carbons (Fsp3) is 0.333. The number of alkyl halides is 3. The first-order valence-electron chi connectivity index (χ1n) is 5.87. The van der Waals surface area contributed by atoms with Crippen molar-refractivity contribution in [1.82, 2.24) is 0 Å². The maximum Gasteiger partial charge on any atom is 0.419 e. The third-order valence-corrected chi connectivity index (χ3v) is 3.31. The minimum atomic E-state index is -4.87. The maximum atomic E-state index is 13.1. The minimum Gasteiger partial charge on any atom is -0.409 e. The van der Waals surface area contributed by atoms with Crippen LogP contribution in [0.15, 0.2) is 23.4 Å². The lowest BCUT2D eigenvalue weighted by Crippen LogP contribution is -2.36. The standard InChI is InChI=1S/C12H11F4N3O2/c13-8-2-1-6(5-7(8)12(14,15)16)18-10(20)11(3-4-11)9(17)19-21/h1-2,5,21H,3-4H2,(H2,17,19)(H,18,20). The molecule has 114 valence electrons.